The second-order valence-electron chi connectivity index (χ2n) is 10.1. The summed E-state index contributed by atoms with van der Waals surface area (Å²) in [7, 11) is 0. The number of halogens is 1. The Kier molecular flexibility index (Phi) is 5.43. The Morgan fingerprint density at radius 3 is 2.56 bits per heavy atom. The molecule has 0 bridgehead atoms. The van der Waals surface area contributed by atoms with Crippen molar-refractivity contribution < 1.29 is 23.8 Å². The van der Waals surface area contributed by atoms with E-state index in [0.717, 1.165) is 41.4 Å². The van der Waals surface area contributed by atoms with E-state index in [1.165, 1.54) is 0 Å². The van der Waals surface area contributed by atoms with E-state index in [1.807, 2.05) is 19.1 Å². The van der Waals surface area contributed by atoms with Gasteiger partial charge in [0.2, 0.25) is 6.79 Å². The first-order valence-corrected chi connectivity index (χ1v) is 12.1. The Balaban J connectivity index is 1.62. The van der Waals surface area contributed by atoms with Crippen LogP contribution in [0.4, 0.5) is 0 Å². The summed E-state index contributed by atoms with van der Waals surface area (Å²) in [6, 6.07) is 3.75. The first-order chi connectivity index (χ1) is 15.2. The molecule has 2 atom stereocenters. The minimum Gasteiger partial charge on any atom is -0.462 e. The van der Waals surface area contributed by atoms with Gasteiger partial charge in [0.25, 0.3) is 0 Å². The molecule has 1 saturated carbocycles. The van der Waals surface area contributed by atoms with Crippen molar-refractivity contribution in [2.45, 2.75) is 71.3 Å². The molecule has 0 amide bonds. The van der Waals surface area contributed by atoms with Gasteiger partial charge in [-0.1, -0.05) is 29.8 Å². The van der Waals surface area contributed by atoms with Crippen LogP contribution < -0.4 is 9.47 Å². The van der Waals surface area contributed by atoms with Crippen molar-refractivity contribution in [2.75, 3.05) is 6.79 Å². The van der Waals surface area contributed by atoms with Gasteiger partial charge in [-0.25, -0.2) is 0 Å². The van der Waals surface area contributed by atoms with Crippen molar-refractivity contribution in [2.24, 2.45) is 16.3 Å². The van der Waals surface area contributed by atoms with Crippen LogP contribution in [0.25, 0.3) is 0 Å². The topological polar surface area (TPSA) is 74.2 Å². The minimum atomic E-state index is -0.642. The molecule has 0 saturated heterocycles. The van der Waals surface area contributed by atoms with Gasteiger partial charge in [-0.05, 0) is 62.1 Å². The molecule has 0 aromatic heterocycles. The minimum absolute atomic E-state index is 0.0486. The second-order valence-corrected chi connectivity index (χ2v) is 10.9. The zero-order valence-electron chi connectivity index (χ0n) is 18.7. The van der Waals surface area contributed by atoms with Gasteiger partial charge in [0.15, 0.2) is 17.3 Å². The van der Waals surface area contributed by atoms with Gasteiger partial charge in [0.05, 0.1) is 0 Å². The maximum absolute atomic E-state index is 13.5. The molecule has 2 aliphatic carbocycles. The number of carbonyl (C=O) groups is 2. The van der Waals surface area contributed by atoms with Crippen LogP contribution in [0.2, 0.25) is 0 Å². The van der Waals surface area contributed by atoms with Crippen LogP contribution in [-0.2, 0) is 14.3 Å². The maximum Gasteiger partial charge on any atom is 0.315 e. The van der Waals surface area contributed by atoms with Crippen molar-refractivity contribution in [1.82, 2.24) is 0 Å². The standard InChI is InChI=1S/C25H28BrNO5/c1-13-21(24(29)32-14-6-4-5-7-14)22(15-8-19-20(9-16(15)26)31-12-30-19)23-17(27-13)10-25(2,3)11-18(23)28/h8-9,14,21-22H,4-7,10-12H2,1-3H3/t21?,22-/m0/s1. The molecule has 1 unspecified atom stereocenters. The van der Waals surface area contributed by atoms with Gasteiger partial charge in [-0.3, -0.25) is 14.6 Å². The van der Waals surface area contributed by atoms with E-state index in [4.69, 9.17) is 19.2 Å². The van der Waals surface area contributed by atoms with Gasteiger partial charge in [0.1, 0.15) is 12.0 Å². The van der Waals surface area contributed by atoms with Gasteiger partial charge >= 0.3 is 5.97 Å². The van der Waals surface area contributed by atoms with E-state index in [9.17, 15) is 9.59 Å². The molecule has 32 heavy (non-hydrogen) atoms. The molecule has 0 spiro atoms. The quantitative estimate of drug-likeness (QED) is 0.512. The molecule has 0 N–H and O–H groups in total. The summed E-state index contributed by atoms with van der Waals surface area (Å²) in [6.07, 6.45) is 5.04. The fraction of sp³-hybridized carbons (Fsp3) is 0.560. The average Bonchev–Trinajstić information content (AvgIpc) is 3.36. The van der Waals surface area contributed by atoms with Crippen molar-refractivity contribution in [3.05, 3.63) is 33.4 Å². The number of ether oxygens (including phenoxy) is 3. The average molecular weight is 502 g/mol. The summed E-state index contributed by atoms with van der Waals surface area (Å²) in [5.74, 6) is -0.0769. The third-order valence-electron chi connectivity index (χ3n) is 6.97. The monoisotopic (exact) mass is 501 g/mol. The molecule has 1 fully saturated rings. The fourth-order valence-corrected chi connectivity index (χ4v) is 6.07. The van der Waals surface area contributed by atoms with Crippen molar-refractivity contribution in [3.63, 3.8) is 0 Å². The van der Waals surface area contributed by atoms with Crippen LogP contribution in [0.15, 0.2) is 32.9 Å². The van der Waals surface area contributed by atoms with Crippen LogP contribution in [0.3, 0.4) is 0 Å². The van der Waals surface area contributed by atoms with Crippen LogP contribution in [-0.4, -0.2) is 30.4 Å². The molecule has 2 heterocycles. The number of esters is 1. The predicted molar refractivity (Wildman–Crippen MR) is 123 cm³/mol. The Labute approximate surface area is 196 Å². The van der Waals surface area contributed by atoms with Crippen molar-refractivity contribution in [3.8, 4) is 11.5 Å². The number of carbonyl (C=O) groups excluding carboxylic acids is 2. The molecule has 5 rings (SSSR count). The number of hydrogen-bond acceptors (Lipinski definition) is 6. The summed E-state index contributed by atoms with van der Waals surface area (Å²) in [6.45, 7) is 6.21. The third kappa shape index (κ3) is 3.78. The molecule has 1 aromatic carbocycles. The number of fused-ring (bicyclic) bond motifs is 1. The summed E-state index contributed by atoms with van der Waals surface area (Å²) in [5, 5.41) is 0. The molecular formula is C25H28BrNO5. The molecule has 7 heteroatoms. The lowest BCUT2D eigenvalue weighted by molar-refractivity contribution is -0.151. The van der Waals surface area contributed by atoms with E-state index in [2.05, 4.69) is 29.8 Å². The number of rotatable bonds is 3. The number of Topliss-reactive ketones (excluding diaryl/α,β-unsaturated/α-hetero) is 1. The first kappa shape index (κ1) is 21.7. The van der Waals surface area contributed by atoms with Gasteiger partial charge < -0.3 is 14.2 Å². The van der Waals surface area contributed by atoms with E-state index < -0.39 is 11.8 Å². The fourth-order valence-electron chi connectivity index (χ4n) is 5.50. The van der Waals surface area contributed by atoms with E-state index >= 15 is 0 Å². The highest BCUT2D eigenvalue weighted by atomic mass is 79.9. The number of hydrogen-bond donors (Lipinski definition) is 0. The number of allylic oxidation sites excluding steroid dienone is 2. The zero-order valence-corrected chi connectivity index (χ0v) is 20.3. The van der Waals surface area contributed by atoms with Crippen LogP contribution in [0, 0.1) is 11.3 Å². The molecule has 2 aliphatic heterocycles. The van der Waals surface area contributed by atoms with E-state index in [0.29, 0.717) is 35.6 Å². The highest BCUT2D eigenvalue weighted by Gasteiger charge is 2.47. The predicted octanol–water partition coefficient (Wildman–Crippen LogP) is 5.48. The third-order valence-corrected chi connectivity index (χ3v) is 7.65. The van der Waals surface area contributed by atoms with Gasteiger partial charge in [0, 0.05) is 33.8 Å². The second kappa shape index (κ2) is 8.01. The van der Waals surface area contributed by atoms with Crippen LogP contribution in [0.5, 0.6) is 11.5 Å². The van der Waals surface area contributed by atoms with Crippen LogP contribution in [0.1, 0.15) is 70.8 Å². The molecule has 6 nitrogen and oxygen atoms in total. The summed E-state index contributed by atoms with van der Waals surface area (Å²) < 4.78 is 17.9. The summed E-state index contributed by atoms with van der Waals surface area (Å²) in [5.41, 5.74) is 2.81. The number of ketones is 1. The van der Waals surface area contributed by atoms with Crippen LogP contribution >= 0.6 is 15.9 Å². The molecular weight excluding hydrogens is 474 g/mol. The molecule has 4 aliphatic rings. The Morgan fingerprint density at radius 2 is 1.84 bits per heavy atom. The number of benzene rings is 1. The van der Waals surface area contributed by atoms with E-state index in [1.54, 1.807) is 0 Å². The Bertz CT molecular complexity index is 1050. The number of aliphatic imine (C=N–C) groups is 1. The lowest BCUT2D eigenvalue weighted by Gasteiger charge is -2.39. The molecule has 1 aromatic rings. The normalized spacial score (nSPS) is 26.8. The zero-order chi connectivity index (χ0) is 22.6. The molecule has 170 valence electrons. The van der Waals surface area contributed by atoms with Crippen molar-refractivity contribution in [1.29, 1.82) is 0 Å². The highest BCUT2D eigenvalue weighted by Crippen LogP contribution is 2.51. The van der Waals surface area contributed by atoms with E-state index in [-0.39, 0.29) is 30.1 Å². The largest absolute Gasteiger partial charge is 0.462 e. The SMILES string of the molecule is CC1=NC2=C(C(=O)CC(C)(C)C2)[C@@H](c2cc3c(cc2Br)OCO3)C1C(=O)OC1CCCC1. The number of nitrogens with zero attached hydrogens (tertiary/aromatic N) is 1. The first-order valence-electron chi connectivity index (χ1n) is 11.3. The maximum atomic E-state index is 13.5. The van der Waals surface area contributed by atoms with Crippen molar-refractivity contribution >= 4 is 33.4 Å². The molecule has 0 radical (unpaired) electrons. The Hall–Kier alpha value is -2.15. The smallest absolute Gasteiger partial charge is 0.315 e. The van der Waals surface area contributed by atoms with Gasteiger partial charge in [-0.15, -0.1) is 0 Å². The lowest BCUT2D eigenvalue weighted by atomic mass is 9.67. The highest BCUT2D eigenvalue weighted by molar-refractivity contribution is 9.10. The Morgan fingerprint density at radius 1 is 1.16 bits per heavy atom. The summed E-state index contributed by atoms with van der Waals surface area (Å²) >= 11 is 3.67. The lowest BCUT2D eigenvalue weighted by Crippen LogP contribution is -2.40. The van der Waals surface area contributed by atoms with Gasteiger partial charge in [-0.2, -0.15) is 0 Å². The summed E-state index contributed by atoms with van der Waals surface area (Å²) in [4.78, 5) is 31.7.